The van der Waals surface area contributed by atoms with Gasteiger partial charge < -0.3 is 88.7 Å². The second-order valence-corrected chi connectivity index (χ2v) is 25.8. The Balaban J connectivity index is 0.987. The smallest absolute Gasteiger partial charge is 0.274 e. The molecule has 8 N–H and O–H groups in total. The molecule has 80 heavy (non-hydrogen) atoms. The zero-order valence-corrected chi connectivity index (χ0v) is 48.9. The van der Waals surface area contributed by atoms with Gasteiger partial charge in [0.2, 0.25) is 11.8 Å². The standard InChI is InChI=1S/C47H82N7O22P3S/c1-30(72-46-34(57)25-33(56)31(2)73-46)18-16-14-12-10-8-6-5-7-9-11-13-15-17-19-32(55)24-37(59)80-23-22-49-36(58)20-21-50-44(62)41(61)47(3,4)27-71-79(68,69)76-78(66,67)70-26-35-40(75-77(63,64)65)39(60)45(74-35)54-29-53-38-42(48)51-28-52-43(38)54/h28-31,33-35,39-41,45-46,56-57,60-61H,5-27H2,1-4H3,(H,49,58)(H,50,62)(H,66,67)(H,68,69)(H2,48,51,52)(H2,63,64,65)/p-4/t30-,31+,33-,34-,35-,39-,40-,41+,45-,46-/m1/s1. The molecule has 4 heterocycles. The van der Waals surface area contributed by atoms with Crippen LogP contribution < -0.4 is 35.9 Å². The number of ether oxygens (including phenoxy) is 3. The molecule has 33 heteroatoms. The monoisotopic (exact) mass is 1220 g/mol. The van der Waals surface area contributed by atoms with Crippen LogP contribution in [0.25, 0.3) is 11.2 Å². The fraction of sp³-hybridized carbons (Fsp3) is 0.809. The third-order valence-corrected chi connectivity index (χ3v) is 17.1. The van der Waals surface area contributed by atoms with E-state index in [1.807, 2.05) is 6.92 Å². The Bertz CT molecular complexity index is 2420. The van der Waals surface area contributed by atoms with Gasteiger partial charge in [0.25, 0.3) is 15.6 Å². The number of hydrogen-bond acceptors (Lipinski definition) is 27. The summed E-state index contributed by atoms with van der Waals surface area (Å²) in [6.07, 6.45) is 5.28. The Morgan fingerprint density at radius 2 is 1.46 bits per heavy atom. The number of phosphoric acid groups is 3. The highest BCUT2D eigenvalue weighted by atomic mass is 32.2. The van der Waals surface area contributed by atoms with Crippen molar-refractivity contribution < 1.29 is 105 Å². The number of aromatic nitrogens is 4. The number of fused-ring (bicyclic) bond motifs is 1. The molecule has 2 unspecified atom stereocenters. The summed E-state index contributed by atoms with van der Waals surface area (Å²) in [5, 5.41) is 46.0. The number of ketones is 1. The molecule has 0 bridgehead atoms. The molecule has 0 radical (unpaired) electrons. The number of imidazole rings is 1. The highest BCUT2D eigenvalue weighted by Gasteiger charge is 2.47. The van der Waals surface area contributed by atoms with Crippen molar-refractivity contribution in [3.05, 3.63) is 12.7 Å². The lowest BCUT2D eigenvalue weighted by atomic mass is 9.87. The minimum Gasteiger partial charge on any atom is -0.790 e. The number of amides is 2. The van der Waals surface area contributed by atoms with Crippen molar-refractivity contribution in [1.82, 2.24) is 30.2 Å². The first-order valence-corrected chi connectivity index (χ1v) is 32.1. The topological polar surface area (TPSA) is 451 Å². The number of unbranched alkanes of at least 4 members (excludes halogenated alkanes) is 12. The Morgan fingerprint density at radius 1 is 0.850 bits per heavy atom. The molecule has 2 fully saturated rings. The third-order valence-electron chi connectivity index (χ3n) is 13.2. The molecule has 2 amide bonds. The maximum absolute atomic E-state index is 12.7. The van der Waals surface area contributed by atoms with Gasteiger partial charge in [-0.15, -0.1) is 0 Å². The number of anilines is 1. The fourth-order valence-electron chi connectivity index (χ4n) is 8.63. The number of Topliss-reactive ketones (excluding diaryl/α,β-unsaturated/α-hetero) is 1. The number of rotatable bonds is 39. The van der Waals surface area contributed by atoms with Gasteiger partial charge >= 0.3 is 0 Å². The van der Waals surface area contributed by atoms with Crippen molar-refractivity contribution in [2.75, 3.05) is 37.8 Å². The second kappa shape index (κ2) is 33.5. The van der Waals surface area contributed by atoms with Crippen LogP contribution in [0.3, 0.4) is 0 Å². The summed E-state index contributed by atoms with van der Waals surface area (Å²) in [4.78, 5) is 110. The summed E-state index contributed by atoms with van der Waals surface area (Å²) in [6, 6.07) is 0. The van der Waals surface area contributed by atoms with E-state index in [0.29, 0.717) is 6.42 Å². The lowest BCUT2D eigenvalue weighted by Gasteiger charge is -2.36. The minimum atomic E-state index is -5.95. The second-order valence-electron chi connectivity index (χ2n) is 20.6. The highest BCUT2D eigenvalue weighted by molar-refractivity contribution is 8.13. The van der Waals surface area contributed by atoms with E-state index < -0.39 is 103 Å². The van der Waals surface area contributed by atoms with Gasteiger partial charge in [-0.05, 0) is 26.7 Å². The van der Waals surface area contributed by atoms with Crippen molar-refractivity contribution in [3.8, 4) is 0 Å². The van der Waals surface area contributed by atoms with Crippen LogP contribution in [0, 0.1) is 5.41 Å². The Morgan fingerprint density at radius 3 is 2.10 bits per heavy atom. The molecule has 2 aliphatic rings. The molecule has 458 valence electrons. The van der Waals surface area contributed by atoms with Crippen LogP contribution in [0.15, 0.2) is 12.7 Å². The highest BCUT2D eigenvalue weighted by Crippen LogP contribution is 2.56. The van der Waals surface area contributed by atoms with Crippen LogP contribution in [0.1, 0.15) is 149 Å². The summed E-state index contributed by atoms with van der Waals surface area (Å²) in [6.45, 7) is 3.65. The quantitative estimate of drug-likeness (QED) is 0.0281. The van der Waals surface area contributed by atoms with Crippen LogP contribution in [-0.4, -0.2) is 150 Å². The molecule has 0 saturated carbocycles. The number of aliphatic hydroxyl groups is 4. The molecule has 0 aliphatic carbocycles. The molecule has 2 aliphatic heterocycles. The molecule has 2 aromatic rings. The number of hydrogen-bond donors (Lipinski definition) is 7. The van der Waals surface area contributed by atoms with Gasteiger partial charge in [-0.3, -0.25) is 32.9 Å². The van der Waals surface area contributed by atoms with E-state index in [-0.39, 0.29) is 78.2 Å². The van der Waals surface area contributed by atoms with Crippen LogP contribution in [0.5, 0.6) is 0 Å². The minimum absolute atomic E-state index is 0.0228. The number of phosphoric ester groups is 3. The van der Waals surface area contributed by atoms with Gasteiger partial charge in [-0.2, -0.15) is 0 Å². The van der Waals surface area contributed by atoms with Gasteiger partial charge in [0.1, 0.15) is 48.1 Å². The van der Waals surface area contributed by atoms with Gasteiger partial charge in [0, 0.05) is 43.5 Å². The first-order valence-electron chi connectivity index (χ1n) is 26.7. The molecule has 0 aromatic carbocycles. The van der Waals surface area contributed by atoms with E-state index in [9.17, 15) is 72.9 Å². The van der Waals surface area contributed by atoms with Gasteiger partial charge in [-0.25, -0.2) is 19.3 Å². The lowest BCUT2D eigenvalue weighted by molar-refractivity contribution is -0.347. The fourth-order valence-corrected chi connectivity index (χ4v) is 12.1. The van der Waals surface area contributed by atoms with E-state index in [4.69, 9.17) is 19.9 Å². The number of nitrogens with one attached hydrogen (secondary N) is 2. The molecule has 0 spiro atoms. The van der Waals surface area contributed by atoms with Crippen molar-refractivity contribution >= 4 is 74.9 Å². The van der Waals surface area contributed by atoms with Crippen LogP contribution in [0.2, 0.25) is 0 Å². The summed E-state index contributed by atoms with van der Waals surface area (Å²) in [5.41, 5.74) is 4.04. The zero-order chi connectivity index (χ0) is 59.3. The van der Waals surface area contributed by atoms with Gasteiger partial charge in [-0.1, -0.05) is 103 Å². The first-order chi connectivity index (χ1) is 37.6. The number of aliphatic hydroxyl groups excluding tert-OH is 4. The largest absolute Gasteiger partial charge is 0.790 e. The normalized spacial score (nSPS) is 24.0. The van der Waals surface area contributed by atoms with E-state index in [1.54, 1.807) is 6.92 Å². The molecule has 4 rings (SSSR count). The molecule has 12 atom stereocenters. The summed E-state index contributed by atoms with van der Waals surface area (Å²) in [7, 11) is -17.7. The number of carbonyl (C=O) groups excluding carboxylic acids is 4. The van der Waals surface area contributed by atoms with E-state index >= 15 is 0 Å². The number of carbonyl (C=O) groups is 4. The van der Waals surface area contributed by atoms with Crippen LogP contribution >= 0.6 is 35.2 Å². The van der Waals surface area contributed by atoms with Crippen LogP contribution in [-0.2, 0) is 65.0 Å². The number of thioether (sulfide) groups is 1. The SMILES string of the molecule is C[C@H](CCCCCCCCCCCCCCCC(=O)CC(=O)SCCNC(=O)CCNC(=O)[C@H](O)C(C)(C)COP(=O)([O-])OP(=O)([O-])OC[C@H]1O[C@@H](n2cnc3c(N)ncnc32)[C@H](O)[C@@H]1OP(=O)([O-])[O-])O[C@@H]1O[C@@H](C)[C@H](O)C[C@H]1O. The van der Waals surface area contributed by atoms with E-state index in [0.717, 1.165) is 80.4 Å². The van der Waals surface area contributed by atoms with Crippen molar-refractivity contribution in [2.24, 2.45) is 5.41 Å². The predicted octanol–water partition coefficient (Wildman–Crippen LogP) is 1.21. The Kier molecular flexibility index (Phi) is 29.2. The zero-order valence-electron chi connectivity index (χ0n) is 45.4. The lowest BCUT2D eigenvalue weighted by Crippen LogP contribution is -2.48. The maximum Gasteiger partial charge on any atom is 0.274 e. The summed E-state index contributed by atoms with van der Waals surface area (Å²) < 4.78 is 72.4. The van der Waals surface area contributed by atoms with Crippen LogP contribution in [0.4, 0.5) is 5.82 Å². The van der Waals surface area contributed by atoms with E-state index in [1.165, 1.54) is 52.4 Å². The van der Waals surface area contributed by atoms with Crippen molar-refractivity contribution in [1.29, 1.82) is 0 Å². The Hall–Kier alpha value is -2.93. The van der Waals surface area contributed by atoms with Crippen molar-refractivity contribution in [2.45, 2.75) is 205 Å². The molecular formula is C47H78N7O22P3S-4. The summed E-state index contributed by atoms with van der Waals surface area (Å²) >= 11 is 0.914. The predicted molar refractivity (Wildman–Crippen MR) is 279 cm³/mol. The number of nitrogens with two attached hydrogens (primary N) is 1. The number of nitrogen functional groups attached to an aromatic ring is 1. The maximum atomic E-state index is 12.7. The van der Waals surface area contributed by atoms with Gasteiger partial charge in [0.15, 0.2) is 29.1 Å². The Labute approximate surface area is 469 Å². The van der Waals surface area contributed by atoms with Gasteiger partial charge in [0.05, 0.1) is 52.1 Å². The molecule has 29 nitrogen and oxygen atoms in total. The van der Waals surface area contributed by atoms with E-state index in [2.05, 4.69) is 43.5 Å². The molecule has 2 saturated heterocycles. The molecular weight excluding hydrogens is 1140 g/mol. The number of nitrogens with zero attached hydrogens (tertiary/aromatic N) is 4. The average Bonchev–Trinajstić information content (AvgIpc) is 3.93. The average molecular weight is 1220 g/mol. The first kappa shape index (κ1) is 69.6. The van der Waals surface area contributed by atoms with Crippen molar-refractivity contribution in [3.63, 3.8) is 0 Å². The summed E-state index contributed by atoms with van der Waals surface area (Å²) in [5.74, 6) is -1.58. The third kappa shape index (κ3) is 24.7. The molecule has 2 aromatic heterocycles.